The molecule has 0 saturated heterocycles. The second-order valence-corrected chi connectivity index (χ2v) is 6.43. The predicted octanol–water partition coefficient (Wildman–Crippen LogP) is 3.90. The summed E-state index contributed by atoms with van der Waals surface area (Å²) in [6.45, 7) is -0.478. The average Bonchev–Trinajstić information content (AvgIpc) is 2.67. The fourth-order valence-electron chi connectivity index (χ4n) is 2.17. The van der Waals surface area contributed by atoms with E-state index < -0.39 is 24.4 Å². The SMILES string of the molecule is COc1ccc(Cl)cc1NC(=O)CCC(=O)OCC(=O)Nc1ccccc1Cl. The van der Waals surface area contributed by atoms with Gasteiger partial charge in [0.15, 0.2) is 6.61 Å². The summed E-state index contributed by atoms with van der Waals surface area (Å²) in [4.78, 5) is 35.5. The molecule has 2 aromatic rings. The Kier molecular flexibility index (Phi) is 8.10. The molecular formula is C19H18Cl2N2O5. The predicted molar refractivity (Wildman–Crippen MR) is 107 cm³/mol. The summed E-state index contributed by atoms with van der Waals surface area (Å²) in [5, 5.41) is 5.94. The van der Waals surface area contributed by atoms with Gasteiger partial charge >= 0.3 is 5.97 Å². The molecule has 0 unspecified atom stereocenters. The molecule has 28 heavy (non-hydrogen) atoms. The van der Waals surface area contributed by atoms with Crippen LogP contribution in [0.25, 0.3) is 0 Å². The van der Waals surface area contributed by atoms with Gasteiger partial charge in [-0.25, -0.2) is 0 Å². The van der Waals surface area contributed by atoms with Crippen molar-refractivity contribution in [2.75, 3.05) is 24.4 Å². The first kappa shape index (κ1) is 21.5. The van der Waals surface area contributed by atoms with Crippen LogP contribution in [-0.2, 0) is 19.1 Å². The Hall–Kier alpha value is -2.77. The van der Waals surface area contributed by atoms with Crippen molar-refractivity contribution in [1.29, 1.82) is 0 Å². The van der Waals surface area contributed by atoms with Gasteiger partial charge in [0.25, 0.3) is 5.91 Å². The van der Waals surface area contributed by atoms with Crippen LogP contribution in [-0.4, -0.2) is 31.5 Å². The molecule has 0 saturated carbocycles. The number of carbonyl (C=O) groups excluding carboxylic acids is 3. The van der Waals surface area contributed by atoms with Gasteiger partial charge in [-0.1, -0.05) is 35.3 Å². The quantitative estimate of drug-likeness (QED) is 0.626. The average molecular weight is 425 g/mol. The number of methoxy groups -OCH3 is 1. The van der Waals surface area contributed by atoms with Crippen molar-refractivity contribution in [3.63, 3.8) is 0 Å². The largest absolute Gasteiger partial charge is 0.495 e. The summed E-state index contributed by atoms with van der Waals surface area (Å²) in [6, 6.07) is 11.5. The number of ether oxygens (including phenoxy) is 2. The molecule has 0 aliphatic carbocycles. The summed E-state index contributed by atoms with van der Waals surface area (Å²) < 4.78 is 9.99. The van der Waals surface area contributed by atoms with Gasteiger partial charge < -0.3 is 20.1 Å². The molecule has 0 atom stereocenters. The first-order valence-corrected chi connectivity index (χ1v) is 8.98. The Balaban J connectivity index is 1.75. The van der Waals surface area contributed by atoms with Gasteiger partial charge in [0.05, 0.1) is 29.9 Å². The molecule has 0 bridgehead atoms. The van der Waals surface area contributed by atoms with Crippen LogP contribution in [0.5, 0.6) is 5.75 Å². The third-order valence-electron chi connectivity index (χ3n) is 3.50. The second kappa shape index (κ2) is 10.5. The molecule has 0 aliphatic heterocycles. The van der Waals surface area contributed by atoms with Crippen molar-refractivity contribution in [2.45, 2.75) is 12.8 Å². The van der Waals surface area contributed by atoms with E-state index in [1.165, 1.54) is 13.2 Å². The van der Waals surface area contributed by atoms with Gasteiger partial charge in [-0.15, -0.1) is 0 Å². The third kappa shape index (κ3) is 6.75. The summed E-state index contributed by atoms with van der Waals surface area (Å²) in [5.41, 5.74) is 0.813. The normalized spacial score (nSPS) is 10.1. The third-order valence-corrected chi connectivity index (χ3v) is 4.07. The Labute approximate surface area is 171 Å². The van der Waals surface area contributed by atoms with Crippen molar-refractivity contribution in [3.05, 3.63) is 52.5 Å². The zero-order chi connectivity index (χ0) is 20.5. The van der Waals surface area contributed by atoms with Gasteiger partial charge in [0, 0.05) is 11.4 Å². The highest BCUT2D eigenvalue weighted by atomic mass is 35.5. The fraction of sp³-hybridized carbons (Fsp3) is 0.211. The molecule has 2 N–H and O–H groups in total. The van der Waals surface area contributed by atoms with Crippen LogP contribution >= 0.6 is 23.2 Å². The number of nitrogens with one attached hydrogen (secondary N) is 2. The van der Waals surface area contributed by atoms with E-state index in [-0.39, 0.29) is 12.8 Å². The molecule has 0 heterocycles. The summed E-state index contributed by atoms with van der Waals surface area (Å²) in [7, 11) is 1.46. The van der Waals surface area contributed by atoms with Crippen molar-refractivity contribution < 1.29 is 23.9 Å². The van der Waals surface area contributed by atoms with Crippen molar-refractivity contribution in [1.82, 2.24) is 0 Å². The van der Waals surface area contributed by atoms with E-state index in [0.29, 0.717) is 27.2 Å². The standard InChI is InChI=1S/C19H18Cl2N2O5/c1-27-16-7-6-12(20)10-15(16)23-17(24)8-9-19(26)28-11-18(25)22-14-5-3-2-4-13(14)21/h2-7,10H,8-9,11H2,1H3,(H,22,25)(H,23,24). The van der Waals surface area contributed by atoms with Crippen LogP contribution in [0.1, 0.15) is 12.8 Å². The van der Waals surface area contributed by atoms with Crippen LogP contribution in [0, 0.1) is 0 Å². The molecule has 0 spiro atoms. The van der Waals surface area contributed by atoms with Crippen LogP contribution in [0.3, 0.4) is 0 Å². The van der Waals surface area contributed by atoms with Gasteiger partial charge in [-0.3, -0.25) is 14.4 Å². The molecule has 2 aromatic carbocycles. The number of esters is 1. The Morgan fingerprint density at radius 3 is 2.36 bits per heavy atom. The van der Waals surface area contributed by atoms with Crippen LogP contribution in [0.4, 0.5) is 11.4 Å². The van der Waals surface area contributed by atoms with E-state index in [9.17, 15) is 14.4 Å². The fourth-order valence-corrected chi connectivity index (χ4v) is 2.53. The first-order valence-electron chi connectivity index (χ1n) is 8.22. The number of rotatable bonds is 8. The maximum absolute atomic E-state index is 12.0. The molecule has 9 heteroatoms. The zero-order valence-corrected chi connectivity index (χ0v) is 16.5. The second-order valence-electron chi connectivity index (χ2n) is 5.58. The van der Waals surface area contributed by atoms with Gasteiger partial charge in [0.2, 0.25) is 5.91 Å². The molecule has 0 radical (unpaired) electrons. The van der Waals surface area contributed by atoms with Crippen LogP contribution in [0.15, 0.2) is 42.5 Å². The highest BCUT2D eigenvalue weighted by molar-refractivity contribution is 6.33. The monoisotopic (exact) mass is 424 g/mol. The maximum Gasteiger partial charge on any atom is 0.306 e. The Morgan fingerprint density at radius 1 is 0.929 bits per heavy atom. The lowest BCUT2D eigenvalue weighted by Gasteiger charge is -2.10. The lowest BCUT2D eigenvalue weighted by atomic mass is 10.2. The highest BCUT2D eigenvalue weighted by Crippen LogP contribution is 2.27. The number of carbonyl (C=O) groups is 3. The summed E-state index contributed by atoms with van der Waals surface area (Å²) in [5.74, 6) is -1.19. The minimum absolute atomic E-state index is 0.124. The van der Waals surface area contributed by atoms with Crippen LogP contribution in [0.2, 0.25) is 10.0 Å². The smallest absolute Gasteiger partial charge is 0.306 e. The van der Waals surface area contributed by atoms with E-state index in [0.717, 1.165) is 0 Å². The number of anilines is 2. The number of amides is 2. The zero-order valence-electron chi connectivity index (χ0n) is 15.0. The van der Waals surface area contributed by atoms with Gasteiger partial charge in [-0.2, -0.15) is 0 Å². The molecule has 2 amide bonds. The molecule has 0 fully saturated rings. The van der Waals surface area contributed by atoms with Gasteiger partial charge in [0.1, 0.15) is 5.75 Å². The number of benzene rings is 2. The topological polar surface area (TPSA) is 93.7 Å². The number of hydrogen-bond acceptors (Lipinski definition) is 5. The Morgan fingerprint density at radius 2 is 1.64 bits per heavy atom. The van der Waals surface area contributed by atoms with Gasteiger partial charge in [-0.05, 0) is 30.3 Å². The minimum atomic E-state index is -0.678. The van der Waals surface area contributed by atoms with E-state index in [1.54, 1.807) is 36.4 Å². The minimum Gasteiger partial charge on any atom is -0.495 e. The highest BCUT2D eigenvalue weighted by Gasteiger charge is 2.13. The molecule has 0 aromatic heterocycles. The number of halogens is 2. The van der Waals surface area contributed by atoms with E-state index in [2.05, 4.69) is 10.6 Å². The summed E-state index contributed by atoms with van der Waals surface area (Å²) in [6.07, 6.45) is -0.311. The Bertz CT molecular complexity index is 873. The molecule has 0 aliphatic rings. The molecular weight excluding hydrogens is 407 g/mol. The van der Waals surface area contributed by atoms with E-state index in [1.807, 2.05) is 0 Å². The lowest BCUT2D eigenvalue weighted by molar-refractivity contribution is -0.147. The summed E-state index contributed by atoms with van der Waals surface area (Å²) >= 11 is 11.8. The van der Waals surface area contributed by atoms with Crippen molar-refractivity contribution >= 4 is 52.4 Å². The molecule has 2 rings (SSSR count). The number of hydrogen-bond donors (Lipinski definition) is 2. The lowest BCUT2D eigenvalue weighted by Crippen LogP contribution is -2.22. The van der Waals surface area contributed by atoms with E-state index in [4.69, 9.17) is 32.7 Å². The molecule has 7 nitrogen and oxygen atoms in total. The van der Waals surface area contributed by atoms with Crippen LogP contribution < -0.4 is 15.4 Å². The number of para-hydroxylation sites is 1. The van der Waals surface area contributed by atoms with E-state index >= 15 is 0 Å². The van der Waals surface area contributed by atoms with Crippen molar-refractivity contribution in [3.8, 4) is 5.75 Å². The maximum atomic E-state index is 12.0. The molecule has 148 valence electrons. The van der Waals surface area contributed by atoms with Crippen molar-refractivity contribution in [2.24, 2.45) is 0 Å². The first-order chi connectivity index (χ1) is 13.4.